The molecule has 1 fully saturated rings. The van der Waals surface area contributed by atoms with Crippen LogP contribution in [-0.4, -0.2) is 30.5 Å². The van der Waals surface area contributed by atoms with E-state index in [-0.39, 0.29) is 0 Å². The Labute approximate surface area is 93.8 Å². The second-order valence-electron chi connectivity index (χ2n) is 3.86. The Hall–Kier alpha value is -1.22. The van der Waals surface area contributed by atoms with E-state index in [1.54, 1.807) is 0 Å². The van der Waals surface area contributed by atoms with Crippen LogP contribution in [-0.2, 0) is 0 Å². The predicted molar refractivity (Wildman–Crippen MR) is 61.2 cm³/mol. The minimum absolute atomic E-state index is 0.369. The average molecular weight is 222 g/mol. The molecule has 3 nitrogen and oxygen atoms in total. The minimum Gasteiger partial charge on any atom is -0.354 e. The van der Waals surface area contributed by atoms with Gasteiger partial charge in [-0.1, -0.05) is 23.7 Å². The Bertz CT molecular complexity index is 416. The van der Waals surface area contributed by atoms with Crippen molar-refractivity contribution in [2.24, 2.45) is 4.99 Å². The topological polar surface area (TPSA) is 27.6 Å². The summed E-state index contributed by atoms with van der Waals surface area (Å²) in [5, 5.41) is 4.07. The van der Waals surface area contributed by atoms with Crippen molar-refractivity contribution < 1.29 is 0 Å². The third kappa shape index (κ3) is 1.47. The van der Waals surface area contributed by atoms with Crippen LogP contribution >= 0.6 is 11.6 Å². The number of guanidine groups is 1. The first-order chi connectivity index (χ1) is 7.34. The highest BCUT2D eigenvalue weighted by molar-refractivity contribution is 6.30. The molecule has 0 bridgehead atoms. The van der Waals surface area contributed by atoms with Crippen LogP contribution in [0.2, 0.25) is 5.02 Å². The summed E-state index contributed by atoms with van der Waals surface area (Å²) in [7, 11) is 0. The molecule has 1 N–H and O–H groups in total. The average Bonchev–Trinajstić information content (AvgIpc) is 2.77. The van der Waals surface area contributed by atoms with Gasteiger partial charge < -0.3 is 10.2 Å². The molecule has 1 aromatic carbocycles. The fourth-order valence-electron chi connectivity index (χ4n) is 2.22. The number of benzene rings is 1. The summed E-state index contributed by atoms with van der Waals surface area (Å²) >= 11 is 5.99. The van der Waals surface area contributed by atoms with Crippen LogP contribution in [0.4, 0.5) is 0 Å². The van der Waals surface area contributed by atoms with E-state index < -0.39 is 0 Å². The summed E-state index contributed by atoms with van der Waals surface area (Å²) in [6.07, 6.45) is 0. The SMILES string of the molecule is Clc1cccc(C2CN=C3NCCN32)c1. The van der Waals surface area contributed by atoms with Gasteiger partial charge in [-0.2, -0.15) is 0 Å². The van der Waals surface area contributed by atoms with E-state index in [2.05, 4.69) is 21.3 Å². The lowest BCUT2D eigenvalue weighted by Crippen LogP contribution is -2.28. The second kappa shape index (κ2) is 3.42. The van der Waals surface area contributed by atoms with Gasteiger partial charge in [-0.25, -0.2) is 0 Å². The van der Waals surface area contributed by atoms with Crippen LogP contribution in [0, 0.1) is 0 Å². The third-order valence-corrected chi connectivity index (χ3v) is 3.17. The van der Waals surface area contributed by atoms with Crippen LogP contribution in [0.5, 0.6) is 0 Å². The summed E-state index contributed by atoms with van der Waals surface area (Å²) in [6, 6.07) is 8.42. The Balaban J connectivity index is 1.90. The van der Waals surface area contributed by atoms with E-state index >= 15 is 0 Å². The van der Waals surface area contributed by atoms with Crippen LogP contribution < -0.4 is 5.32 Å². The van der Waals surface area contributed by atoms with Gasteiger partial charge in [0, 0.05) is 18.1 Å². The van der Waals surface area contributed by atoms with Gasteiger partial charge in [0.05, 0.1) is 12.6 Å². The molecular formula is C11H12ClN3. The number of nitrogens with zero attached hydrogens (tertiary/aromatic N) is 2. The molecule has 0 aromatic heterocycles. The van der Waals surface area contributed by atoms with Crippen molar-refractivity contribution in [1.82, 2.24) is 10.2 Å². The summed E-state index contributed by atoms with van der Waals surface area (Å²) in [6.45, 7) is 2.87. The molecule has 78 valence electrons. The number of aliphatic imine (C=N–C) groups is 1. The Kier molecular flexibility index (Phi) is 2.06. The van der Waals surface area contributed by atoms with Crippen molar-refractivity contribution in [1.29, 1.82) is 0 Å². The highest BCUT2D eigenvalue weighted by atomic mass is 35.5. The van der Waals surface area contributed by atoms with Crippen LogP contribution in [0.15, 0.2) is 29.3 Å². The zero-order valence-electron chi connectivity index (χ0n) is 8.28. The molecule has 0 radical (unpaired) electrons. The number of rotatable bonds is 1. The van der Waals surface area contributed by atoms with E-state index in [1.165, 1.54) is 5.56 Å². The Morgan fingerprint density at radius 1 is 1.47 bits per heavy atom. The monoisotopic (exact) mass is 221 g/mol. The lowest BCUT2D eigenvalue weighted by Gasteiger charge is -2.21. The fraction of sp³-hybridized carbons (Fsp3) is 0.364. The van der Waals surface area contributed by atoms with E-state index in [0.29, 0.717) is 6.04 Å². The van der Waals surface area contributed by atoms with Gasteiger partial charge in [0.1, 0.15) is 0 Å². The smallest absolute Gasteiger partial charge is 0.194 e. The highest BCUT2D eigenvalue weighted by Gasteiger charge is 2.31. The largest absolute Gasteiger partial charge is 0.354 e. The lowest BCUT2D eigenvalue weighted by atomic mass is 10.1. The Morgan fingerprint density at radius 3 is 3.27 bits per heavy atom. The first kappa shape index (κ1) is 9.04. The maximum absolute atomic E-state index is 5.99. The first-order valence-corrected chi connectivity index (χ1v) is 5.53. The number of nitrogens with one attached hydrogen (secondary N) is 1. The van der Waals surface area contributed by atoms with Crippen molar-refractivity contribution in [3.05, 3.63) is 34.9 Å². The van der Waals surface area contributed by atoms with E-state index in [9.17, 15) is 0 Å². The molecule has 1 atom stereocenters. The van der Waals surface area contributed by atoms with E-state index in [0.717, 1.165) is 30.6 Å². The third-order valence-electron chi connectivity index (χ3n) is 2.93. The molecular weight excluding hydrogens is 210 g/mol. The highest BCUT2D eigenvalue weighted by Crippen LogP contribution is 2.28. The normalized spacial score (nSPS) is 23.7. The van der Waals surface area contributed by atoms with Crippen molar-refractivity contribution in [2.45, 2.75) is 6.04 Å². The van der Waals surface area contributed by atoms with Crippen molar-refractivity contribution in [3.63, 3.8) is 0 Å². The number of hydrogen-bond acceptors (Lipinski definition) is 3. The quantitative estimate of drug-likeness (QED) is 0.781. The van der Waals surface area contributed by atoms with Crippen LogP contribution in [0.25, 0.3) is 0 Å². The maximum atomic E-state index is 5.99. The molecule has 15 heavy (non-hydrogen) atoms. The molecule has 1 unspecified atom stereocenters. The predicted octanol–water partition coefficient (Wildman–Crippen LogP) is 1.66. The number of halogens is 1. The van der Waals surface area contributed by atoms with Crippen LogP contribution in [0.3, 0.4) is 0 Å². The molecule has 0 spiro atoms. The van der Waals surface area contributed by atoms with Gasteiger partial charge in [0.15, 0.2) is 5.96 Å². The minimum atomic E-state index is 0.369. The summed E-state index contributed by atoms with van der Waals surface area (Å²) in [5.41, 5.74) is 1.25. The number of hydrogen-bond donors (Lipinski definition) is 1. The van der Waals surface area contributed by atoms with Gasteiger partial charge in [0.2, 0.25) is 0 Å². The van der Waals surface area contributed by atoms with Gasteiger partial charge in [-0.3, -0.25) is 4.99 Å². The molecule has 0 aliphatic carbocycles. The fourth-order valence-corrected chi connectivity index (χ4v) is 2.42. The van der Waals surface area contributed by atoms with E-state index in [1.807, 2.05) is 18.2 Å². The molecule has 4 heteroatoms. The van der Waals surface area contributed by atoms with Crippen LogP contribution in [0.1, 0.15) is 11.6 Å². The second-order valence-corrected chi connectivity index (χ2v) is 4.29. The molecule has 1 aromatic rings. The maximum Gasteiger partial charge on any atom is 0.194 e. The van der Waals surface area contributed by atoms with Crippen molar-refractivity contribution >= 4 is 17.6 Å². The summed E-state index contributed by atoms with van der Waals surface area (Å²) in [5.74, 6) is 1.04. The molecule has 2 aliphatic heterocycles. The molecule has 2 aliphatic rings. The molecule has 3 rings (SSSR count). The molecule has 0 saturated carbocycles. The van der Waals surface area contributed by atoms with Gasteiger partial charge in [-0.05, 0) is 17.7 Å². The van der Waals surface area contributed by atoms with Gasteiger partial charge in [-0.15, -0.1) is 0 Å². The zero-order valence-corrected chi connectivity index (χ0v) is 9.04. The first-order valence-electron chi connectivity index (χ1n) is 5.15. The summed E-state index contributed by atoms with van der Waals surface area (Å²) < 4.78 is 0. The molecule has 0 amide bonds. The van der Waals surface area contributed by atoms with Gasteiger partial charge >= 0.3 is 0 Å². The van der Waals surface area contributed by atoms with Crippen molar-refractivity contribution in [2.75, 3.05) is 19.6 Å². The molecule has 1 saturated heterocycles. The summed E-state index contributed by atoms with van der Waals surface area (Å²) in [4.78, 5) is 6.78. The van der Waals surface area contributed by atoms with Gasteiger partial charge in [0.25, 0.3) is 0 Å². The zero-order chi connectivity index (χ0) is 10.3. The van der Waals surface area contributed by atoms with Crippen molar-refractivity contribution in [3.8, 4) is 0 Å². The Morgan fingerprint density at radius 2 is 2.40 bits per heavy atom. The standard InChI is InChI=1S/C11H12ClN3/c12-9-3-1-2-8(6-9)10-7-14-11-13-4-5-15(10)11/h1-3,6,10H,4-5,7H2,(H,13,14). The molecule has 2 heterocycles. The lowest BCUT2D eigenvalue weighted by molar-refractivity contribution is 0.381. The van der Waals surface area contributed by atoms with E-state index in [4.69, 9.17) is 11.6 Å². The number of fused-ring (bicyclic) bond motifs is 1.